The first-order chi connectivity index (χ1) is 12.6. The van der Waals surface area contributed by atoms with E-state index in [9.17, 15) is 9.18 Å². The van der Waals surface area contributed by atoms with Gasteiger partial charge in [0.2, 0.25) is 0 Å². The van der Waals surface area contributed by atoms with Gasteiger partial charge in [-0.2, -0.15) is 0 Å². The van der Waals surface area contributed by atoms with Crippen LogP contribution in [0.25, 0.3) is 22.0 Å². The van der Waals surface area contributed by atoms with Crippen LogP contribution in [0.1, 0.15) is 28.8 Å². The van der Waals surface area contributed by atoms with E-state index < -0.39 is 0 Å². The van der Waals surface area contributed by atoms with Crippen LogP contribution in [0.15, 0.2) is 42.6 Å². The second-order valence-electron chi connectivity index (χ2n) is 6.94. The molecule has 4 nitrogen and oxygen atoms in total. The third-order valence-corrected chi connectivity index (χ3v) is 5.05. The summed E-state index contributed by atoms with van der Waals surface area (Å²) in [5, 5.41) is 7.38. The minimum absolute atomic E-state index is 0.0330. The lowest BCUT2D eigenvalue weighted by atomic mass is 9.97. The molecule has 134 valence electrons. The van der Waals surface area contributed by atoms with Gasteiger partial charge in [0, 0.05) is 40.8 Å². The molecule has 3 N–H and O–H groups in total. The van der Waals surface area contributed by atoms with Crippen LogP contribution in [-0.4, -0.2) is 30.0 Å². The van der Waals surface area contributed by atoms with Gasteiger partial charge in [0.15, 0.2) is 0 Å². The number of benzene rings is 2. The Labute approximate surface area is 151 Å². The number of carbonyl (C=O) groups excluding carboxylic acids is 1. The van der Waals surface area contributed by atoms with E-state index in [0.717, 1.165) is 53.5 Å². The van der Waals surface area contributed by atoms with Crippen LogP contribution in [-0.2, 0) is 0 Å². The fraction of sp³-hybridized carbons (Fsp3) is 0.286. The first kappa shape index (κ1) is 16.8. The van der Waals surface area contributed by atoms with Gasteiger partial charge in [-0.15, -0.1) is 0 Å². The van der Waals surface area contributed by atoms with Gasteiger partial charge in [-0.1, -0.05) is 6.07 Å². The molecule has 0 bridgehead atoms. The molecule has 1 aliphatic rings. The molecule has 1 atom stereocenters. The quantitative estimate of drug-likeness (QED) is 0.673. The summed E-state index contributed by atoms with van der Waals surface area (Å²) in [4.78, 5) is 15.6. The van der Waals surface area contributed by atoms with Gasteiger partial charge >= 0.3 is 0 Å². The molecular formula is C21H22FN3O. The number of fused-ring (bicyclic) bond motifs is 1. The van der Waals surface area contributed by atoms with Crippen molar-refractivity contribution < 1.29 is 9.18 Å². The smallest absolute Gasteiger partial charge is 0.251 e. The molecule has 0 radical (unpaired) electrons. The molecule has 3 aromatic rings. The number of halogens is 1. The SMILES string of the molecule is Cc1cc(C(=O)N[C@H]2CCCNC2)ccc1-c1c[nH]c2cc(F)ccc12. The highest BCUT2D eigenvalue weighted by molar-refractivity contribution is 5.98. The molecule has 0 spiro atoms. The number of nitrogens with one attached hydrogen (secondary N) is 3. The Balaban J connectivity index is 1.60. The fourth-order valence-corrected chi connectivity index (χ4v) is 3.67. The summed E-state index contributed by atoms with van der Waals surface area (Å²) in [6, 6.07) is 10.7. The number of aromatic amines is 1. The van der Waals surface area contributed by atoms with Gasteiger partial charge in [-0.05, 0) is 67.8 Å². The fourth-order valence-electron chi connectivity index (χ4n) is 3.67. The molecular weight excluding hydrogens is 329 g/mol. The highest BCUT2D eigenvalue weighted by Gasteiger charge is 2.17. The van der Waals surface area contributed by atoms with Crippen LogP contribution in [0.2, 0.25) is 0 Å². The highest BCUT2D eigenvalue weighted by Crippen LogP contribution is 2.31. The van der Waals surface area contributed by atoms with Crippen molar-refractivity contribution in [2.45, 2.75) is 25.8 Å². The molecule has 2 aromatic carbocycles. The Morgan fingerprint density at radius 2 is 2.08 bits per heavy atom. The molecule has 26 heavy (non-hydrogen) atoms. The maximum absolute atomic E-state index is 13.4. The van der Waals surface area contributed by atoms with Crippen LogP contribution >= 0.6 is 0 Å². The Morgan fingerprint density at radius 3 is 2.85 bits per heavy atom. The molecule has 1 saturated heterocycles. The normalized spacial score (nSPS) is 17.4. The number of aromatic nitrogens is 1. The van der Waals surface area contributed by atoms with Crippen molar-refractivity contribution in [3.05, 3.63) is 59.5 Å². The monoisotopic (exact) mass is 351 g/mol. The Morgan fingerprint density at radius 1 is 1.19 bits per heavy atom. The largest absolute Gasteiger partial charge is 0.360 e. The third-order valence-electron chi connectivity index (χ3n) is 5.05. The van der Waals surface area contributed by atoms with Crippen molar-refractivity contribution in [1.82, 2.24) is 15.6 Å². The average molecular weight is 351 g/mol. The van der Waals surface area contributed by atoms with E-state index >= 15 is 0 Å². The van der Waals surface area contributed by atoms with Gasteiger partial charge in [-0.25, -0.2) is 4.39 Å². The number of hydrogen-bond donors (Lipinski definition) is 3. The Hall–Kier alpha value is -2.66. The molecule has 1 aromatic heterocycles. The maximum Gasteiger partial charge on any atom is 0.251 e. The van der Waals surface area contributed by atoms with Crippen LogP contribution in [0.5, 0.6) is 0 Å². The summed E-state index contributed by atoms with van der Waals surface area (Å²) in [5.41, 5.74) is 4.51. The zero-order valence-corrected chi connectivity index (χ0v) is 14.7. The topological polar surface area (TPSA) is 56.9 Å². The second kappa shape index (κ2) is 6.92. The van der Waals surface area contributed by atoms with Crippen molar-refractivity contribution in [3.63, 3.8) is 0 Å². The lowest BCUT2D eigenvalue weighted by molar-refractivity contribution is 0.0930. The van der Waals surface area contributed by atoms with Gasteiger partial charge in [0.05, 0.1) is 0 Å². The van der Waals surface area contributed by atoms with E-state index in [1.165, 1.54) is 12.1 Å². The number of rotatable bonds is 3. The van der Waals surface area contributed by atoms with E-state index in [-0.39, 0.29) is 17.8 Å². The maximum atomic E-state index is 13.4. The molecule has 1 amide bonds. The standard InChI is InChI=1S/C21H22FN3O/c1-13-9-14(21(26)25-16-3-2-8-23-11-16)4-6-17(13)19-12-24-20-10-15(22)5-7-18(19)20/h4-7,9-10,12,16,23-24H,2-3,8,11H2,1H3,(H,25,26)/t16-/m0/s1. The van der Waals surface area contributed by atoms with Crippen molar-refractivity contribution >= 4 is 16.8 Å². The summed E-state index contributed by atoms with van der Waals surface area (Å²) < 4.78 is 13.4. The lowest BCUT2D eigenvalue weighted by Crippen LogP contribution is -2.45. The van der Waals surface area contributed by atoms with Crippen LogP contribution in [0.4, 0.5) is 4.39 Å². The zero-order valence-electron chi connectivity index (χ0n) is 14.7. The number of H-pyrrole nitrogens is 1. The summed E-state index contributed by atoms with van der Waals surface area (Å²) >= 11 is 0. The van der Waals surface area contributed by atoms with Gasteiger partial charge in [-0.3, -0.25) is 4.79 Å². The Bertz CT molecular complexity index is 957. The lowest BCUT2D eigenvalue weighted by Gasteiger charge is -2.24. The van der Waals surface area contributed by atoms with Gasteiger partial charge in [0.1, 0.15) is 5.82 Å². The average Bonchev–Trinajstić information content (AvgIpc) is 3.05. The minimum atomic E-state index is -0.258. The Kier molecular flexibility index (Phi) is 4.47. The van der Waals surface area contributed by atoms with E-state index in [0.29, 0.717) is 5.56 Å². The molecule has 1 fully saturated rings. The second-order valence-corrected chi connectivity index (χ2v) is 6.94. The molecule has 2 heterocycles. The van der Waals surface area contributed by atoms with Crippen molar-refractivity contribution in [3.8, 4) is 11.1 Å². The highest BCUT2D eigenvalue weighted by atomic mass is 19.1. The van der Waals surface area contributed by atoms with Crippen molar-refractivity contribution in [2.75, 3.05) is 13.1 Å². The molecule has 1 aliphatic heterocycles. The first-order valence-corrected chi connectivity index (χ1v) is 9.01. The van der Waals surface area contributed by atoms with E-state index in [1.54, 1.807) is 6.07 Å². The van der Waals surface area contributed by atoms with Crippen LogP contribution < -0.4 is 10.6 Å². The predicted molar refractivity (Wildman–Crippen MR) is 102 cm³/mol. The van der Waals surface area contributed by atoms with Gasteiger partial charge < -0.3 is 15.6 Å². The minimum Gasteiger partial charge on any atom is -0.360 e. The van der Waals surface area contributed by atoms with Crippen molar-refractivity contribution in [2.24, 2.45) is 0 Å². The predicted octanol–water partition coefficient (Wildman–Crippen LogP) is 3.76. The van der Waals surface area contributed by atoms with Crippen molar-refractivity contribution in [1.29, 1.82) is 0 Å². The summed E-state index contributed by atoms with van der Waals surface area (Å²) in [5.74, 6) is -0.291. The number of hydrogen-bond acceptors (Lipinski definition) is 2. The van der Waals surface area contributed by atoms with Crippen LogP contribution in [0, 0.1) is 12.7 Å². The van der Waals surface area contributed by atoms with Crippen LogP contribution in [0.3, 0.4) is 0 Å². The van der Waals surface area contributed by atoms with Gasteiger partial charge in [0.25, 0.3) is 5.91 Å². The van der Waals surface area contributed by atoms with E-state index in [1.807, 2.05) is 31.3 Å². The third kappa shape index (κ3) is 3.22. The summed E-state index contributed by atoms with van der Waals surface area (Å²) in [7, 11) is 0. The molecule has 4 rings (SSSR count). The molecule has 0 unspecified atom stereocenters. The number of amides is 1. The number of aryl methyl sites for hydroxylation is 1. The zero-order chi connectivity index (χ0) is 18.1. The molecule has 5 heteroatoms. The molecule has 0 aliphatic carbocycles. The number of piperidine rings is 1. The van der Waals surface area contributed by atoms with E-state index in [2.05, 4.69) is 15.6 Å². The summed E-state index contributed by atoms with van der Waals surface area (Å²) in [6.07, 6.45) is 3.99. The molecule has 0 saturated carbocycles. The number of carbonyl (C=O) groups is 1. The van der Waals surface area contributed by atoms with E-state index in [4.69, 9.17) is 0 Å². The first-order valence-electron chi connectivity index (χ1n) is 9.01. The summed E-state index contributed by atoms with van der Waals surface area (Å²) in [6.45, 7) is 3.85.